The highest BCUT2D eigenvalue weighted by Gasteiger charge is 2.19. The van der Waals surface area contributed by atoms with Crippen molar-refractivity contribution in [2.75, 3.05) is 18.5 Å². The molecule has 1 unspecified atom stereocenters. The van der Waals surface area contributed by atoms with Crippen molar-refractivity contribution in [3.05, 3.63) is 36.0 Å². The number of nitrogens with zero attached hydrogens (tertiary/aromatic N) is 1. The second-order valence-corrected chi connectivity index (χ2v) is 5.07. The first kappa shape index (κ1) is 12.3. The van der Waals surface area contributed by atoms with Gasteiger partial charge in [0.15, 0.2) is 0 Å². The molecule has 1 aromatic carbocycles. The minimum Gasteiger partial charge on any atom is -0.389 e. The first-order chi connectivity index (χ1) is 9.25. The average Bonchev–Trinajstić information content (AvgIpc) is 2.92. The molecule has 0 aliphatic carbocycles. The Morgan fingerprint density at radius 2 is 2.26 bits per heavy atom. The number of ether oxygens (including phenoxy) is 1. The van der Waals surface area contributed by atoms with Crippen LogP contribution in [0.2, 0.25) is 0 Å². The molecule has 1 aromatic heterocycles. The molecule has 2 aromatic rings. The number of benzene rings is 1. The highest BCUT2D eigenvalue weighted by atomic mass is 32.1. The number of rotatable bonds is 3. The number of nitrogens with two attached hydrogens (primary N) is 1. The van der Waals surface area contributed by atoms with Gasteiger partial charge in [0, 0.05) is 18.2 Å². The number of anilines is 1. The lowest BCUT2D eigenvalue weighted by atomic mass is 10.1. The maximum absolute atomic E-state index is 5.80. The Morgan fingerprint density at radius 3 is 3.00 bits per heavy atom. The van der Waals surface area contributed by atoms with Crippen LogP contribution in [0.25, 0.3) is 10.9 Å². The van der Waals surface area contributed by atoms with E-state index in [1.54, 1.807) is 6.20 Å². The van der Waals surface area contributed by atoms with Crippen molar-refractivity contribution in [1.29, 1.82) is 0 Å². The molecule has 1 aliphatic rings. The molecule has 5 heteroatoms. The van der Waals surface area contributed by atoms with Crippen LogP contribution in [0.3, 0.4) is 0 Å². The molecule has 98 valence electrons. The number of fused-ring (bicyclic) bond motifs is 1. The van der Waals surface area contributed by atoms with Gasteiger partial charge in [0.05, 0.1) is 29.4 Å². The van der Waals surface area contributed by atoms with E-state index < -0.39 is 0 Å². The van der Waals surface area contributed by atoms with Gasteiger partial charge < -0.3 is 15.8 Å². The van der Waals surface area contributed by atoms with Crippen LogP contribution < -0.4 is 11.1 Å². The Hall–Kier alpha value is -1.72. The molecule has 4 nitrogen and oxygen atoms in total. The van der Waals surface area contributed by atoms with E-state index in [2.05, 4.69) is 10.3 Å². The molecule has 1 atom stereocenters. The van der Waals surface area contributed by atoms with E-state index in [9.17, 15) is 0 Å². The van der Waals surface area contributed by atoms with Crippen LogP contribution >= 0.6 is 12.2 Å². The Morgan fingerprint density at radius 1 is 1.42 bits per heavy atom. The van der Waals surface area contributed by atoms with Crippen LogP contribution in [0.5, 0.6) is 0 Å². The standard InChI is InChI=1S/C14H15N3OS/c15-14(19)11-7-16-12-4-2-1-3-10(12)13(11)17-9-5-6-18-8-9/h1-4,7,9H,5-6,8H2,(H2,15,19)(H,16,17). The molecule has 3 N–H and O–H groups in total. The van der Waals surface area contributed by atoms with E-state index in [-0.39, 0.29) is 0 Å². The highest BCUT2D eigenvalue weighted by molar-refractivity contribution is 7.80. The number of aromatic nitrogens is 1. The molecule has 0 radical (unpaired) electrons. The molecule has 0 bridgehead atoms. The van der Waals surface area contributed by atoms with Crippen LogP contribution in [0.4, 0.5) is 5.69 Å². The lowest BCUT2D eigenvalue weighted by Crippen LogP contribution is -2.22. The molecule has 3 rings (SSSR count). The van der Waals surface area contributed by atoms with Crippen molar-refractivity contribution in [3.63, 3.8) is 0 Å². The summed E-state index contributed by atoms with van der Waals surface area (Å²) in [6.45, 7) is 1.51. The maximum Gasteiger partial charge on any atom is 0.107 e. The van der Waals surface area contributed by atoms with Crippen molar-refractivity contribution in [2.24, 2.45) is 5.73 Å². The Kier molecular flexibility index (Phi) is 3.31. The normalized spacial score (nSPS) is 18.6. The fourth-order valence-corrected chi connectivity index (χ4v) is 2.49. The zero-order chi connectivity index (χ0) is 13.2. The molecule has 0 amide bonds. The van der Waals surface area contributed by atoms with E-state index in [0.29, 0.717) is 17.6 Å². The van der Waals surface area contributed by atoms with Gasteiger partial charge in [-0.05, 0) is 12.5 Å². The first-order valence-corrected chi connectivity index (χ1v) is 6.68. The first-order valence-electron chi connectivity index (χ1n) is 6.27. The summed E-state index contributed by atoms with van der Waals surface area (Å²) in [5, 5.41) is 4.54. The summed E-state index contributed by atoms with van der Waals surface area (Å²) in [4.78, 5) is 4.76. The lowest BCUT2D eigenvalue weighted by molar-refractivity contribution is 0.195. The van der Waals surface area contributed by atoms with E-state index in [0.717, 1.165) is 35.2 Å². The highest BCUT2D eigenvalue weighted by Crippen LogP contribution is 2.27. The zero-order valence-electron chi connectivity index (χ0n) is 10.4. The van der Waals surface area contributed by atoms with E-state index >= 15 is 0 Å². The van der Waals surface area contributed by atoms with Crippen molar-refractivity contribution >= 4 is 33.8 Å². The lowest BCUT2D eigenvalue weighted by Gasteiger charge is -2.17. The molecule has 19 heavy (non-hydrogen) atoms. The van der Waals surface area contributed by atoms with Crippen molar-refractivity contribution in [3.8, 4) is 0 Å². The van der Waals surface area contributed by atoms with Gasteiger partial charge in [0.1, 0.15) is 4.99 Å². The van der Waals surface area contributed by atoms with Crippen molar-refractivity contribution < 1.29 is 4.74 Å². The van der Waals surface area contributed by atoms with Crippen LogP contribution in [0.15, 0.2) is 30.5 Å². The minimum absolute atomic E-state index is 0.305. The van der Waals surface area contributed by atoms with E-state index in [1.165, 1.54) is 0 Å². The minimum atomic E-state index is 0.305. The SMILES string of the molecule is NC(=S)c1cnc2ccccc2c1NC1CCOC1. The molecule has 1 fully saturated rings. The number of nitrogens with one attached hydrogen (secondary N) is 1. The third-order valence-corrected chi connectivity index (χ3v) is 3.54. The second kappa shape index (κ2) is 5.11. The molecular formula is C14H15N3OS. The molecule has 1 aliphatic heterocycles. The topological polar surface area (TPSA) is 60.2 Å². The summed E-state index contributed by atoms with van der Waals surface area (Å²) in [6, 6.07) is 8.28. The Labute approximate surface area is 117 Å². The molecule has 0 spiro atoms. The zero-order valence-corrected chi connectivity index (χ0v) is 11.2. The van der Waals surface area contributed by atoms with Crippen LogP contribution in [-0.2, 0) is 4.74 Å². The van der Waals surface area contributed by atoms with Gasteiger partial charge >= 0.3 is 0 Å². The number of para-hydroxylation sites is 1. The number of pyridine rings is 1. The number of thiocarbonyl (C=S) groups is 1. The van der Waals surface area contributed by atoms with Gasteiger partial charge in [0.2, 0.25) is 0 Å². The molecule has 0 saturated carbocycles. The third-order valence-electron chi connectivity index (χ3n) is 3.32. The van der Waals surface area contributed by atoms with Crippen molar-refractivity contribution in [1.82, 2.24) is 4.98 Å². The smallest absolute Gasteiger partial charge is 0.107 e. The summed E-state index contributed by atoms with van der Waals surface area (Å²) in [6.07, 6.45) is 2.73. The Balaban J connectivity index is 2.10. The Bertz CT molecular complexity index is 623. The maximum atomic E-state index is 5.80. The van der Waals surface area contributed by atoms with Crippen LogP contribution in [0.1, 0.15) is 12.0 Å². The van der Waals surface area contributed by atoms with Gasteiger partial charge in [-0.3, -0.25) is 4.98 Å². The van der Waals surface area contributed by atoms with Gasteiger partial charge in [0.25, 0.3) is 0 Å². The quantitative estimate of drug-likeness (QED) is 0.838. The summed E-state index contributed by atoms with van der Waals surface area (Å²) >= 11 is 5.12. The van der Waals surface area contributed by atoms with Gasteiger partial charge in [-0.1, -0.05) is 30.4 Å². The predicted molar refractivity (Wildman–Crippen MR) is 80.5 cm³/mol. The van der Waals surface area contributed by atoms with E-state index in [1.807, 2.05) is 24.3 Å². The van der Waals surface area contributed by atoms with E-state index in [4.69, 9.17) is 22.7 Å². The number of hydrogen-bond acceptors (Lipinski definition) is 4. The summed E-state index contributed by atoms with van der Waals surface area (Å²) in [5.74, 6) is 0. The fraction of sp³-hybridized carbons (Fsp3) is 0.286. The second-order valence-electron chi connectivity index (χ2n) is 4.63. The predicted octanol–water partition coefficient (Wildman–Crippen LogP) is 2.07. The van der Waals surface area contributed by atoms with Crippen LogP contribution in [0, 0.1) is 0 Å². The van der Waals surface area contributed by atoms with Gasteiger partial charge in [-0.15, -0.1) is 0 Å². The molecule has 1 saturated heterocycles. The monoisotopic (exact) mass is 273 g/mol. The number of hydrogen-bond donors (Lipinski definition) is 2. The van der Waals surface area contributed by atoms with Gasteiger partial charge in [-0.2, -0.15) is 0 Å². The summed E-state index contributed by atoms with van der Waals surface area (Å²) in [5.41, 5.74) is 8.49. The molecule has 2 heterocycles. The average molecular weight is 273 g/mol. The van der Waals surface area contributed by atoms with Gasteiger partial charge in [-0.25, -0.2) is 0 Å². The fourth-order valence-electron chi connectivity index (χ4n) is 2.34. The molecular weight excluding hydrogens is 258 g/mol. The summed E-state index contributed by atoms with van der Waals surface area (Å²) < 4.78 is 5.40. The van der Waals surface area contributed by atoms with Crippen LogP contribution in [-0.4, -0.2) is 29.2 Å². The summed E-state index contributed by atoms with van der Waals surface area (Å²) in [7, 11) is 0. The van der Waals surface area contributed by atoms with Crippen molar-refractivity contribution in [2.45, 2.75) is 12.5 Å². The third kappa shape index (κ3) is 2.39. The largest absolute Gasteiger partial charge is 0.389 e.